The lowest BCUT2D eigenvalue weighted by Crippen LogP contribution is -2.13. The Morgan fingerprint density at radius 2 is 1.39 bits per heavy atom. The fraction of sp³-hybridized carbons (Fsp3) is 0.280. The van der Waals surface area contributed by atoms with Gasteiger partial charge in [-0.25, -0.2) is 0 Å². The Balaban J connectivity index is 1.49. The topological polar surface area (TPSA) is 42.0 Å². The van der Waals surface area contributed by atoms with Gasteiger partial charge in [-0.15, -0.1) is 0 Å². The molecule has 3 heteroatoms. The van der Waals surface area contributed by atoms with Crippen LogP contribution in [0.1, 0.15) is 49.4 Å². The fourth-order valence-corrected chi connectivity index (χ4v) is 3.10. The molecule has 28 heavy (non-hydrogen) atoms. The predicted octanol–water partition coefficient (Wildman–Crippen LogP) is 5.54. The number of anilines is 1. The van der Waals surface area contributed by atoms with Gasteiger partial charge in [-0.2, -0.15) is 0 Å². The van der Waals surface area contributed by atoms with Gasteiger partial charge < -0.3 is 5.32 Å². The molecular weight excluding hydrogens is 344 g/mol. The van der Waals surface area contributed by atoms with E-state index < -0.39 is 0 Å². The van der Waals surface area contributed by atoms with E-state index in [1.807, 2.05) is 24.3 Å². The molecule has 1 heterocycles. The first-order valence-corrected chi connectivity index (χ1v) is 9.77. The molecule has 1 N–H and O–H groups in total. The summed E-state index contributed by atoms with van der Waals surface area (Å²) < 4.78 is 0. The maximum absolute atomic E-state index is 12.3. The molecular formula is C25H28N2O. The molecule has 0 aliphatic heterocycles. The van der Waals surface area contributed by atoms with Gasteiger partial charge in [-0.3, -0.25) is 9.78 Å². The van der Waals surface area contributed by atoms with E-state index in [4.69, 9.17) is 0 Å². The molecule has 0 fully saturated rings. The molecule has 0 unspecified atom stereocenters. The Morgan fingerprint density at radius 3 is 2.00 bits per heavy atom. The highest BCUT2D eigenvalue weighted by molar-refractivity contribution is 5.90. The van der Waals surface area contributed by atoms with E-state index >= 15 is 0 Å². The normalized spacial score (nSPS) is 11.2. The first-order chi connectivity index (χ1) is 13.4. The van der Waals surface area contributed by atoms with Crippen molar-refractivity contribution in [1.29, 1.82) is 0 Å². The van der Waals surface area contributed by atoms with Crippen LogP contribution in [0.4, 0.5) is 5.69 Å². The number of amides is 1. The predicted molar refractivity (Wildman–Crippen MR) is 116 cm³/mol. The minimum absolute atomic E-state index is 0.0433. The number of aromatic nitrogens is 1. The SMILES string of the molecule is CC(C)(C)c1ccc(CCC(=O)Nc2ccc(Cc3ccncc3)cc2)cc1. The first-order valence-electron chi connectivity index (χ1n) is 9.77. The van der Waals surface area contributed by atoms with Crippen molar-refractivity contribution in [2.45, 2.75) is 45.4 Å². The Hall–Kier alpha value is -2.94. The number of benzene rings is 2. The summed E-state index contributed by atoms with van der Waals surface area (Å²) in [4.78, 5) is 16.3. The number of hydrogen-bond acceptors (Lipinski definition) is 2. The average Bonchev–Trinajstić information content (AvgIpc) is 2.68. The smallest absolute Gasteiger partial charge is 0.224 e. The quantitative estimate of drug-likeness (QED) is 0.617. The number of aryl methyl sites for hydroxylation is 1. The molecule has 1 aromatic heterocycles. The first kappa shape index (κ1) is 19.8. The van der Waals surface area contributed by atoms with E-state index in [-0.39, 0.29) is 11.3 Å². The zero-order chi connectivity index (χ0) is 20.0. The standard InChI is InChI=1S/C25H28N2O/c1-25(2,3)22-9-4-19(5-10-22)8-13-24(28)27-23-11-6-20(7-12-23)18-21-14-16-26-17-15-21/h4-7,9-12,14-17H,8,13,18H2,1-3H3,(H,27,28). The van der Waals surface area contributed by atoms with Crippen molar-refractivity contribution in [3.8, 4) is 0 Å². The van der Waals surface area contributed by atoms with Crippen LogP contribution in [0.3, 0.4) is 0 Å². The highest BCUT2D eigenvalue weighted by atomic mass is 16.1. The van der Waals surface area contributed by atoms with Crippen LogP contribution in [0.15, 0.2) is 73.1 Å². The lowest BCUT2D eigenvalue weighted by molar-refractivity contribution is -0.116. The van der Waals surface area contributed by atoms with E-state index in [9.17, 15) is 4.79 Å². The number of carbonyl (C=O) groups excluding carboxylic acids is 1. The van der Waals surface area contributed by atoms with Crippen LogP contribution in [-0.2, 0) is 23.1 Å². The van der Waals surface area contributed by atoms with Gasteiger partial charge in [0.05, 0.1) is 0 Å². The van der Waals surface area contributed by atoms with Crippen LogP contribution >= 0.6 is 0 Å². The molecule has 1 amide bonds. The highest BCUT2D eigenvalue weighted by Crippen LogP contribution is 2.22. The van der Waals surface area contributed by atoms with Crippen molar-refractivity contribution in [2.24, 2.45) is 0 Å². The maximum Gasteiger partial charge on any atom is 0.224 e. The summed E-state index contributed by atoms with van der Waals surface area (Å²) in [6.07, 6.45) is 5.70. The molecule has 3 aromatic rings. The second-order valence-electron chi connectivity index (χ2n) is 8.22. The number of hydrogen-bond donors (Lipinski definition) is 1. The molecule has 0 atom stereocenters. The Labute approximate surface area is 167 Å². The second kappa shape index (κ2) is 8.83. The lowest BCUT2D eigenvalue weighted by atomic mass is 9.86. The van der Waals surface area contributed by atoms with E-state index in [2.05, 4.69) is 67.5 Å². The monoisotopic (exact) mass is 372 g/mol. The van der Waals surface area contributed by atoms with E-state index in [0.29, 0.717) is 6.42 Å². The summed E-state index contributed by atoms with van der Waals surface area (Å²) in [6, 6.07) is 20.7. The largest absolute Gasteiger partial charge is 0.326 e. The van der Waals surface area contributed by atoms with Gasteiger partial charge in [0.15, 0.2) is 0 Å². The van der Waals surface area contributed by atoms with Crippen molar-refractivity contribution in [2.75, 3.05) is 5.32 Å². The van der Waals surface area contributed by atoms with Gasteiger partial charge in [-0.05, 0) is 64.8 Å². The highest BCUT2D eigenvalue weighted by Gasteiger charge is 2.13. The van der Waals surface area contributed by atoms with Crippen molar-refractivity contribution < 1.29 is 4.79 Å². The summed E-state index contributed by atoms with van der Waals surface area (Å²) in [5, 5.41) is 2.99. The van der Waals surface area contributed by atoms with Gasteiger partial charge in [0.2, 0.25) is 5.91 Å². The molecule has 2 aromatic carbocycles. The zero-order valence-electron chi connectivity index (χ0n) is 16.9. The Morgan fingerprint density at radius 1 is 0.821 bits per heavy atom. The number of nitrogens with zero attached hydrogens (tertiary/aromatic N) is 1. The second-order valence-corrected chi connectivity index (χ2v) is 8.22. The third-order valence-electron chi connectivity index (χ3n) is 4.86. The fourth-order valence-electron chi connectivity index (χ4n) is 3.10. The van der Waals surface area contributed by atoms with Gasteiger partial charge in [0, 0.05) is 24.5 Å². The van der Waals surface area contributed by atoms with Crippen LogP contribution in [0.25, 0.3) is 0 Å². The van der Waals surface area contributed by atoms with Gasteiger partial charge in [-0.1, -0.05) is 57.2 Å². The van der Waals surface area contributed by atoms with Crippen molar-refractivity contribution in [3.63, 3.8) is 0 Å². The molecule has 3 nitrogen and oxygen atoms in total. The summed E-state index contributed by atoms with van der Waals surface area (Å²) in [6.45, 7) is 6.62. The van der Waals surface area contributed by atoms with E-state index in [1.54, 1.807) is 12.4 Å². The van der Waals surface area contributed by atoms with Crippen LogP contribution < -0.4 is 5.32 Å². The summed E-state index contributed by atoms with van der Waals surface area (Å²) in [5.74, 6) is 0.0433. The number of carbonyl (C=O) groups is 1. The minimum Gasteiger partial charge on any atom is -0.326 e. The number of pyridine rings is 1. The molecule has 0 aliphatic carbocycles. The van der Waals surface area contributed by atoms with Crippen LogP contribution in [0.5, 0.6) is 0 Å². The summed E-state index contributed by atoms with van der Waals surface area (Å²) in [5.41, 5.74) is 5.93. The Bertz CT molecular complexity index is 892. The van der Waals surface area contributed by atoms with Crippen molar-refractivity contribution in [3.05, 3.63) is 95.3 Å². The molecule has 0 saturated carbocycles. The zero-order valence-corrected chi connectivity index (χ0v) is 16.9. The minimum atomic E-state index is 0.0433. The number of rotatable bonds is 6. The average molecular weight is 373 g/mol. The van der Waals surface area contributed by atoms with Gasteiger partial charge in [0.1, 0.15) is 0 Å². The Kier molecular flexibility index (Phi) is 6.25. The molecule has 0 spiro atoms. The maximum atomic E-state index is 12.3. The third-order valence-corrected chi connectivity index (χ3v) is 4.86. The van der Waals surface area contributed by atoms with E-state index in [0.717, 1.165) is 18.5 Å². The molecule has 0 radical (unpaired) electrons. The summed E-state index contributed by atoms with van der Waals surface area (Å²) in [7, 11) is 0. The summed E-state index contributed by atoms with van der Waals surface area (Å²) >= 11 is 0. The van der Waals surface area contributed by atoms with E-state index in [1.165, 1.54) is 22.3 Å². The van der Waals surface area contributed by atoms with Gasteiger partial charge in [0.25, 0.3) is 0 Å². The lowest BCUT2D eigenvalue weighted by Gasteiger charge is -2.19. The van der Waals surface area contributed by atoms with Crippen molar-refractivity contribution >= 4 is 11.6 Å². The molecule has 144 valence electrons. The molecule has 3 rings (SSSR count). The molecule has 0 saturated heterocycles. The van der Waals surface area contributed by atoms with Crippen LogP contribution in [-0.4, -0.2) is 10.9 Å². The van der Waals surface area contributed by atoms with Crippen LogP contribution in [0, 0.1) is 0 Å². The van der Waals surface area contributed by atoms with Crippen LogP contribution in [0.2, 0.25) is 0 Å². The van der Waals surface area contributed by atoms with Crippen molar-refractivity contribution in [1.82, 2.24) is 4.98 Å². The molecule has 0 aliphatic rings. The number of nitrogens with one attached hydrogen (secondary N) is 1. The molecule has 0 bridgehead atoms. The van der Waals surface area contributed by atoms with Gasteiger partial charge >= 0.3 is 0 Å². The third kappa shape index (κ3) is 5.78.